The number of unbranched alkanes of at least 4 members (excludes halogenated alkanes) is 1. The van der Waals surface area contributed by atoms with E-state index in [0.717, 1.165) is 12.8 Å². The molecule has 0 aliphatic carbocycles. The van der Waals surface area contributed by atoms with Gasteiger partial charge in [-0.25, -0.2) is 0 Å². The first-order chi connectivity index (χ1) is 11.7. The first-order valence-corrected chi connectivity index (χ1v) is 8.35. The summed E-state index contributed by atoms with van der Waals surface area (Å²) in [6.07, 6.45) is 4.10. The third-order valence-electron chi connectivity index (χ3n) is 4.25. The van der Waals surface area contributed by atoms with E-state index in [-0.39, 0.29) is 11.8 Å². The van der Waals surface area contributed by atoms with Gasteiger partial charge in [-0.05, 0) is 18.6 Å². The van der Waals surface area contributed by atoms with Crippen molar-refractivity contribution >= 4 is 11.8 Å². The van der Waals surface area contributed by atoms with E-state index in [9.17, 15) is 9.59 Å². The van der Waals surface area contributed by atoms with Gasteiger partial charge < -0.3 is 14.2 Å². The van der Waals surface area contributed by atoms with Crippen molar-refractivity contribution in [3.8, 4) is 11.5 Å². The zero-order valence-electron chi connectivity index (χ0n) is 13.8. The minimum Gasteiger partial charge on any atom is -0.463 e. The number of hydrogen-bond donors (Lipinski definition) is 1. The van der Waals surface area contributed by atoms with E-state index in [4.69, 9.17) is 4.42 Å². The predicted octanol–water partition coefficient (Wildman–Crippen LogP) is 2.14. The summed E-state index contributed by atoms with van der Waals surface area (Å²) in [5.41, 5.74) is 1.05. The standard InChI is InChI=1S/C17H22N4O3/c1-2-3-6-16(22)20-7-9-21(10-8-20)17(23)14-12-13(18-19-14)15-5-4-11-24-15/h4-5,11-12H,2-3,6-10H2,1H3,(H,18,19). The van der Waals surface area contributed by atoms with Crippen molar-refractivity contribution in [1.82, 2.24) is 20.0 Å². The van der Waals surface area contributed by atoms with Gasteiger partial charge in [0.1, 0.15) is 5.69 Å². The fourth-order valence-electron chi connectivity index (χ4n) is 2.80. The van der Waals surface area contributed by atoms with E-state index in [1.54, 1.807) is 23.3 Å². The topological polar surface area (TPSA) is 82.4 Å². The van der Waals surface area contributed by atoms with Crippen LogP contribution in [0.25, 0.3) is 11.5 Å². The molecular formula is C17H22N4O3. The van der Waals surface area contributed by atoms with E-state index in [1.807, 2.05) is 11.0 Å². The van der Waals surface area contributed by atoms with Crippen molar-refractivity contribution in [3.63, 3.8) is 0 Å². The summed E-state index contributed by atoms with van der Waals surface area (Å²) in [5.74, 6) is 0.710. The van der Waals surface area contributed by atoms with Crippen LogP contribution in [0.2, 0.25) is 0 Å². The summed E-state index contributed by atoms with van der Waals surface area (Å²) in [6, 6.07) is 5.29. The number of amides is 2. The van der Waals surface area contributed by atoms with Crippen LogP contribution in [0.3, 0.4) is 0 Å². The number of nitrogens with zero attached hydrogens (tertiary/aromatic N) is 3. The van der Waals surface area contributed by atoms with E-state index >= 15 is 0 Å². The van der Waals surface area contributed by atoms with Gasteiger partial charge in [-0.2, -0.15) is 5.10 Å². The van der Waals surface area contributed by atoms with Gasteiger partial charge in [0.05, 0.1) is 6.26 Å². The third kappa shape index (κ3) is 3.50. The minimum atomic E-state index is -0.121. The molecular weight excluding hydrogens is 308 g/mol. The Bertz CT molecular complexity index is 685. The molecule has 0 saturated carbocycles. The summed E-state index contributed by atoms with van der Waals surface area (Å²) >= 11 is 0. The molecule has 3 rings (SSSR count). The first kappa shape index (κ1) is 16.3. The van der Waals surface area contributed by atoms with Gasteiger partial charge in [-0.1, -0.05) is 13.3 Å². The molecule has 0 spiro atoms. The second kappa shape index (κ2) is 7.33. The van der Waals surface area contributed by atoms with Gasteiger partial charge in [0.2, 0.25) is 5.91 Å². The molecule has 3 heterocycles. The van der Waals surface area contributed by atoms with Gasteiger partial charge >= 0.3 is 0 Å². The summed E-state index contributed by atoms with van der Waals surface area (Å²) in [5, 5.41) is 6.91. The second-order valence-corrected chi connectivity index (χ2v) is 5.92. The van der Waals surface area contributed by atoms with Crippen LogP contribution in [0.5, 0.6) is 0 Å². The maximum Gasteiger partial charge on any atom is 0.274 e. The van der Waals surface area contributed by atoms with Crippen molar-refractivity contribution in [2.45, 2.75) is 26.2 Å². The summed E-state index contributed by atoms with van der Waals surface area (Å²) in [7, 11) is 0. The van der Waals surface area contributed by atoms with Crippen LogP contribution in [0.4, 0.5) is 0 Å². The van der Waals surface area contributed by atoms with E-state index < -0.39 is 0 Å². The van der Waals surface area contributed by atoms with Crippen LogP contribution in [-0.4, -0.2) is 58.0 Å². The van der Waals surface area contributed by atoms with Gasteiger partial charge in [-0.15, -0.1) is 0 Å². The lowest BCUT2D eigenvalue weighted by atomic mass is 10.2. The second-order valence-electron chi connectivity index (χ2n) is 5.92. The molecule has 1 fully saturated rings. The zero-order valence-corrected chi connectivity index (χ0v) is 13.8. The van der Waals surface area contributed by atoms with E-state index in [1.165, 1.54) is 0 Å². The molecule has 1 aliphatic rings. The van der Waals surface area contributed by atoms with Crippen molar-refractivity contribution in [2.24, 2.45) is 0 Å². The molecule has 0 unspecified atom stereocenters. The van der Waals surface area contributed by atoms with Crippen LogP contribution in [0.1, 0.15) is 36.7 Å². The Morgan fingerprint density at radius 2 is 2.00 bits per heavy atom. The zero-order chi connectivity index (χ0) is 16.9. The van der Waals surface area contributed by atoms with Crippen LogP contribution in [0.15, 0.2) is 28.9 Å². The third-order valence-corrected chi connectivity index (χ3v) is 4.25. The molecule has 0 atom stereocenters. The minimum absolute atomic E-state index is 0.121. The number of aromatic amines is 1. The number of piperazine rings is 1. The largest absolute Gasteiger partial charge is 0.463 e. The van der Waals surface area contributed by atoms with Crippen LogP contribution < -0.4 is 0 Å². The highest BCUT2D eigenvalue weighted by Crippen LogP contribution is 2.19. The average Bonchev–Trinajstić information content (AvgIpc) is 3.30. The molecule has 2 aromatic heterocycles. The van der Waals surface area contributed by atoms with Crippen molar-refractivity contribution < 1.29 is 14.0 Å². The van der Waals surface area contributed by atoms with Crippen LogP contribution >= 0.6 is 0 Å². The normalized spacial score (nSPS) is 14.9. The lowest BCUT2D eigenvalue weighted by molar-refractivity contribution is -0.132. The van der Waals surface area contributed by atoms with Gasteiger partial charge in [0, 0.05) is 38.7 Å². The molecule has 7 nitrogen and oxygen atoms in total. The number of nitrogens with one attached hydrogen (secondary N) is 1. The number of H-pyrrole nitrogens is 1. The Labute approximate surface area is 140 Å². The van der Waals surface area contributed by atoms with Gasteiger partial charge in [0.15, 0.2) is 11.5 Å². The molecule has 7 heteroatoms. The fraction of sp³-hybridized carbons (Fsp3) is 0.471. The molecule has 2 amide bonds. The maximum absolute atomic E-state index is 12.5. The number of carbonyl (C=O) groups is 2. The molecule has 0 radical (unpaired) electrons. The Hall–Kier alpha value is -2.57. The molecule has 0 aromatic carbocycles. The molecule has 1 N–H and O–H groups in total. The monoisotopic (exact) mass is 330 g/mol. The van der Waals surface area contributed by atoms with Gasteiger partial charge in [0.25, 0.3) is 5.91 Å². The number of rotatable bonds is 5. The summed E-state index contributed by atoms with van der Waals surface area (Å²) in [6.45, 7) is 4.33. The highest BCUT2D eigenvalue weighted by molar-refractivity contribution is 5.93. The lowest BCUT2D eigenvalue weighted by Gasteiger charge is -2.34. The molecule has 1 saturated heterocycles. The van der Waals surface area contributed by atoms with E-state index in [0.29, 0.717) is 49.7 Å². The Morgan fingerprint density at radius 1 is 1.25 bits per heavy atom. The van der Waals surface area contributed by atoms with Crippen LogP contribution in [0, 0.1) is 0 Å². The predicted molar refractivity (Wildman–Crippen MR) is 88.3 cm³/mol. The van der Waals surface area contributed by atoms with Crippen LogP contribution in [-0.2, 0) is 4.79 Å². The Balaban J connectivity index is 1.56. The molecule has 1 aliphatic heterocycles. The summed E-state index contributed by atoms with van der Waals surface area (Å²) in [4.78, 5) is 28.2. The highest BCUT2D eigenvalue weighted by atomic mass is 16.3. The number of aromatic nitrogens is 2. The Kier molecular flexibility index (Phi) is 4.98. The number of hydrogen-bond acceptors (Lipinski definition) is 4. The summed E-state index contributed by atoms with van der Waals surface area (Å²) < 4.78 is 5.29. The maximum atomic E-state index is 12.5. The quantitative estimate of drug-likeness (QED) is 0.910. The fourth-order valence-corrected chi connectivity index (χ4v) is 2.80. The lowest BCUT2D eigenvalue weighted by Crippen LogP contribution is -2.50. The Morgan fingerprint density at radius 3 is 2.67 bits per heavy atom. The first-order valence-electron chi connectivity index (χ1n) is 8.35. The molecule has 0 bridgehead atoms. The van der Waals surface area contributed by atoms with Crippen molar-refractivity contribution in [2.75, 3.05) is 26.2 Å². The molecule has 24 heavy (non-hydrogen) atoms. The highest BCUT2D eigenvalue weighted by Gasteiger charge is 2.26. The molecule has 2 aromatic rings. The smallest absolute Gasteiger partial charge is 0.274 e. The molecule has 128 valence electrons. The van der Waals surface area contributed by atoms with Crippen molar-refractivity contribution in [1.29, 1.82) is 0 Å². The number of furan rings is 1. The average molecular weight is 330 g/mol. The van der Waals surface area contributed by atoms with Crippen molar-refractivity contribution in [3.05, 3.63) is 30.2 Å². The number of carbonyl (C=O) groups excluding carboxylic acids is 2. The van der Waals surface area contributed by atoms with E-state index in [2.05, 4.69) is 17.1 Å². The van der Waals surface area contributed by atoms with Gasteiger partial charge in [-0.3, -0.25) is 14.7 Å². The SMILES string of the molecule is CCCCC(=O)N1CCN(C(=O)c2cc(-c3ccco3)[nH]n2)CC1.